The number of hydrogen-bond donors (Lipinski definition) is 1. The van der Waals surface area contributed by atoms with E-state index >= 15 is 0 Å². The van der Waals surface area contributed by atoms with E-state index < -0.39 is 5.41 Å². The molecule has 0 fully saturated rings. The third-order valence-electron chi connectivity index (χ3n) is 3.63. The molecule has 22 heavy (non-hydrogen) atoms. The summed E-state index contributed by atoms with van der Waals surface area (Å²) in [5.41, 5.74) is 0.234. The molecule has 0 aliphatic carbocycles. The van der Waals surface area contributed by atoms with Crippen LogP contribution < -0.4 is 14.8 Å². The molecule has 0 aliphatic rings. The molecule has 0 aliphatic heterocycles. The van der Waals surface area contributed by atoms with Crippen molar-refractivity contribution in [3.05, 3.63) is 23.8 Å². The molecular formula is C17H27NO4. The van der Waals surface area contributed by atoms with Gasteiger partial charge in [-0.05, 0) is 44.9 Å². The Kier molecular flexibility index (Phi) is 7.18. The molecule has 1 rings (SSSR count). The van der Waals surface area contributed by atoms with E-state index in [9.17, 15) is 4.79 Å². The van der Waals surface area contributed by atoms with Crippen molar-refractivity contribution in [1.82, 2.24) is 5.32 Å². The number of rotatable bonds is 9. The van der Waals surface area contributed by atoms with Gasteiger partial charge < -0.3 is 19.5 Å². The zero-order valence-electron chi connectivity index (χ0n) is 14.2. The van der Waals surface area contributed by atoms with E-state index in [-0.39, 0.29) is 5.91 Å². The maximum atomic E-state index is 12.4. The molecule has 0 unspecified atom stereocenters. The quantitative estimate of drug-likeness (QED) is 0.712. The van der Waals surface area contributed by atoms with E-state index in [4.69, 9.17) is 14.2 Å². The van der Waals surface area contributed by atoms with Crippen LogP contribution in [0.5, 0.6) is 11.5 Å². The van der Waals surface area contributed by atoms with Crippen LogP contribution >= 0.6 is 0 Å². The Bertz CT molecular complexity index is 486. The van der Waals surface area contributed by atoms with E-state index in [1.54, 1.807) is 14.2 Å². The Hall–Kier alpha value is -1.75. The minimum Gasteiger partial charge on any atom is -0.493 e. The lowest BCUT2D eigenvalue weighted by molar-refractivity contribution is -0.125. The molecule has 1 amide bonds. The van der Waals surface area contributed by atoms with Gasteiger partial charge in [-0.3, -0.25) is 4.79 Å². The highest BCUT2D eigenvalue weighted by molar-refractivity contribution is 5.87. The van der Waals surface area contributed by atoms with Crippen LogP contribution in [0.4, 0.5) is 0 Å². The molecule has 1 aromatic carbocycles. The van der Waals surface area contributed by atoms with Crippen molar-refractivity contribution in [3.8, 4) is 11.5 Å². The highest BCUT2D eigenvalue weighted by Crippen LogP contribution is 2.33. The molecule has 0 saturated carbocycles. The minimum atomic E-state index is -0.648. The monoisotopic (exact) mass is 309 g/mol. The first-order valence-electron chi connectivity index (χ1n) is 7.55. The van der Waals surface area contributed by atoms with Gasteiger partial charge in [0.25, 0.3) is 0 Å². The molecule has 124 valence electrons. The topological polar surface area (TPSA) is 56.8 Å². The number of benzene rings is 1. The number of nitrogens with one attached hydrogen (secondary N) is 1. The number of methoxy groups -OCH3 is 2. The van der Waals surface area contributed by atoms with Crippen LogP contribution in [0, 0.1) is 0 Å². The molecule has 0 radical (unpaired) electrons. The lowest BCUT2D eigenvalue weighted by atomic mass is 9.83. The van der Waals surface area contributed by atoms with Gasteiger partial charge in [0.2, 0.25) is 5.91 Å². The van der Waals surface area contributed by atoms with Gasteiger partial charge in [0, 0.05) is 19.8 Å². The second-order valence-corrected chi connectivity index (χ2v) is 5.50. The van der Waals surface area contributed by atoms with E-state index in [1.807, 2.05) is 39.0 Å². The van der Waals surface area contributed by atoms with E-state index in [0.29, 0.717) is 31.3 Å². The Labute approximate surface area is 132 Å². The second kappa shape index (κ2) is 8.63. The Morgan fingerprint density at radius 2 is 1.86 bits per heavy atom. The first-order chi connectivity index (χ1) is 10.5. The average molecular weight is 309 g/mol. The highest BCUT2D eigenvalue weighted by Gasteiger charge is 2.30. The predicted octanol–water partition coefficient (Wildman–Crippen LogP) is 2.52. The van der Waals surface area contributed by atoms with Gasteiger partial charge in [-0.2, -0.15) is 0 Å². The summed E-state index contributed by atoms with van der Waals surface area (Å²) in [5, 5.41) is 2.96. The van der Waals surface area contributed by atoms with Crippen LogP contribution in [-0.2, 0) is 14.9 Å². The van der Waals surface area contributed by atoms with E-state index in [0.717, 1.165) is 12.0 Å². The van der Waals surface area contributed by atoms with Crippen molar-refractivity contribution >= 4 is 5.91 Å². The normalized spacial score (nSPS) is 11.1. The van der Waals surface area contributed by atoms with Gasteiger partial charge in [-0.1, -0.05) is 6.07 Å². The first-order valence-corrected chi connectivity index (χ1v) is 7.55. The number of carbonyl (C=O) groups excluding carboxylic acids is 1. The van der Waals surface area contributed by atoms with E-state index in [1.165, 1.54) is 0 Å². The van der Waals surface area contributed by atoms with Gasteiger partial charge in [0.15, 0.2) is 11.5 Å². The smallest absolute Gasteiger partial charge is 0.230 e. The fourth-order valence-corrected chi connectivity index (χ4v) is 2.10. The lowest BCUT2D eigenvalue weighted by Gasteiger charge is -2.25. The molecule has 5 heteroatoms. The summed E-state index contributed by atoms with van der Waals surface area (Å²) < 4.78 is 15.8. The standard InChI is InChI=1S/C17H27NO4/c1-6-22-11-7-10-18-16(19)17(2,3)13-8-9-14(20-4)15(12-13)21-5/h8-9,12H,6-7,10-11H2,1-5H3,(H,18,19). The zero-order valence-corrected chi connectivity index (χ0v) is 14.2. The van der Waals surface area contributed by atoms with Crippen LogP contribution in [0.15, 0.2) is 18.2 Å². The maximum Gasteiger partial charge on any atom is 0.230 e. The third kappa shape index (κ3) is 4.63. The zero-order chi connectivity index (χ0) is 16.6. The predicted molar refractivity (Wildman–Crippen MR) is 86.7 cm³/mol. The third-order valence-corrected chi connectivity index (χ3v) is 3.63. The number of carbonyl (C=O) groups is 1. The average Bonchev–Trinajstić information content (AvgIpc) is 2.53. The molecular weight excluding hydrogens is 282 g/mol. The molecule has 1 aromatic rings. The van der Waals surface area contributed by atoms with Gasteiger partial charge >= 0.3 is 0 Å². The number of amides is 1. The summed E-state index contributed by atoms with van der Waals surface area (Å²) in [6.45, 7) is 7.71. The molecule has 5 nitrogen and oxygen atoms in total. The Balaban J connectivity index is 2.73. The van der Waals surface area contributed by atoms with Crippen molar-refractivity contribution < 1.29 is 19.0 Å². The Morgan fingerprint density at radius 3 is 2.45 bits per heavy atom. The summed E-state index contributed by atoms with van der Waals surface area (Å²) in [7, 11) is 3.18. The summed E-state index contributed by atoms with van der Waals surface area (Å²) in [6.07, 6.45) is 0.807. The molecule has 0 aromatic heterocycles. The maximum absolute atomic E-state index is 12.4. The summed E-state index contributed by atoms with van der Waals surface area (Å²) >= 11 is 0. The first kappa shape index (κ1) is 18.3. The van der Waals surface area contributed by atoms with E-state index in [2.05, 4.69) is 5.32 Å². The lowest BCUT2D eigenvalue weighted by Crippen LogP contribution is -2.40. The van der Waals surface area contributed by atoms with Gasteiger partial charge in [-0.25, -0.2) is 0 Å². The van der Waals surface area contributed by atoms with Crippen molar-refractivity contribution in [1.29, 1.82) is 0 Å². The largest absolute Gasteiger partial charge is 0.493 e. The minimum absolute atomic E-state index is 0.0174. The molecule has 0 heterocycles. The Morgan fingerprint density at radius 1 is 1.18 bits per heavy atom. The van der Waals surface area contributed by atoms with Crippen LogP contribution in [0.3, 0.4) is 0 Å². The van der Waals surface area contributed by atoms with Crippen LogP contribution in [0.25, 0.3) is 0 Å². The molecule has 0 atom stereocenters. The van der Waals surface area contributed by atoms with Crippen LogP contribution in [0.2, 0.25) is 0 Å². The van der Waals surface area contributed by atoms with Gasteiger partial charge in [-0.15, -0.1) is 0 Å². The van der Waals surface area contributed by atoms with Crippen LogP contribution in [0.1, 0.15) is 32.8 Å². The van der Waals surface area contributed by atoms with Crippen molar-refractivity contribution in [2.45, 2.75) is 32.6 Å². The second-order valence-electron chi connectivity index (χ2n) is 5.50. The fraction of sp³-hybridized carbons (Fsp3) is 0.588. The van der Waals surface area contributed by atoms with Gasteiger partial charge in [0.05, 0.1) is 19.6 Å². The fourth-order valence-electron chi connectivity index (χ4n) is 2.10. The molecule has 0 spiro atoms. The number of hydrogen-bond acceptors (Lipinski definition) is 4. The summed E-state index contributed by atoms with van der Waals surface area (Å²) in [5.74, 6) is 1.26. The SMILES string of the molecule is CCOCCCNC(=O)C(C)(C)c1ccc(OC)c(OC)c1. The van der Waals surface area contributed by atoms with Crippen molar-refractivity contribution in [3.63, 3.8) is 0 Å². The molecule has 1 N–H and O–H groups in total. The highest BCUT2D eigenvalue weighted by atomic mass is 16.5. The summed E-state index contributed by atoms with van der Waals surface area (Å²) in [4.78, 5) is 12.4. The number of ether oxygens (including phenoxy) is 3. The van der Waals surface area contributed by atoms with Crippen molar-refractivity contribution in [2.24, 2.45) is 0 Å². The summed E-state index contributed by atoms with van der Waals surface area (Å²) in [6, 6.07) is 5.55. The van der Waals surface area contributed by atoms with Gasteiger partial charge in [0.1, 0.15) is 0 Å². The molecule has 0 bridgehead atoms. The van der Waals surface area contributed by atoms with Crippen LogP contribution in [-0.4, -0.2) is 39.9 Å². The molecule has 0 saturated heterocycles. The van der Waals surface area contributed by atoms with Crippen molar-refractivity contribution in [2.75, 3.05) is 34.0 Å².